The fourth-order valence-corrected chi connectivity index (χ4v) is 2.57. The molecule has 2 heterocycles. The van der Waals surface area contributed by atoms with Crippen LogP contribution in [0.15, 0.2) is 73.1 Å². The third-order valence-electron chi connectivity index (χ3n) is 3.66. The molecule has 116 valence electrons. The fourth-order valence-electron chi connectivity index (χ4n) is 2.45. The number of hydrogen-bond acceptors (Lipinski definition) is 3. The van der Waals surface area contributed by atoms with Crippen LogP contribution >= 0.6 is 11.6 Å². The van der Waals surface area contributed by atoms with Gasteiger partial charge in [0, 0.05) is 31.4 Å². The molecule has 0 spiro atoms. The molecule has 0 radical (unpaired) electrons. The molecule has 0 aliphatic heterocycles. The van der Waals surface area contributed by atoms with Gasteiger partial charge in [-0.25, -0.2) is 4.98 Å². The van der Waals surface area contributed by atoms with Gasteiger partial charge < -0.3 is 4.90 Å². The maximum absolute atomic E-state index is 5.91. The maximum atomic E-state index is 5.91. The number of benzene rings is 1. The van der Waals surface area contributed by atoms with E-state index in [9.17, 15) is 0 Å². The van der Waals surface area contributed by atoms with Crippen LogP contribution in [0.4, 0.5) is 5.69 Å². The SMILES string of the molecule is Clc1ccc(N(CCc2ccccn2)Cc2ccccc2)cn1. The van der Waals surface area contributed by atoms with E-state index >= 15 is 0 Å². The Balaban J connectivity index is 1.76. The Morgan fingerprint density at radius 3 is 2.39 bits per heavy atom. The Bertz CT molecular complexity index is 715. The van der Waals surface area contributed by atoms with Crippen LogP contribution in [-0.2, 0) is 13.0 Å². The summed E-state index contributed by atoms with van der Waals surface area (Å²) in [4.78, 5) is 10.9. The molecule has 2 aromatic heterocycles. The summed E-state index contributed by atoms with van der Waals surface area (Å²) >= 11 is 5.91. The topological polar surface area (TPSA) is 29.0 Å². The molecule has 3 nitrogen and oxygen atoms in total. The Hall–Kier alpha value is -2.39. The van der Waals surface area contributed by atoms with Gasteiger partial charge in [-0.1, -0.05) is 48.0 Å². The maximum Gasteiger partial charge on any atom is 0.129 e. The molecule has 1 aromatic carbocycles. The highest BCUT2D eigenvalue weighted by molar-refractivity contribution is 6.29. The van der Waals surface area contributed by atoms with Crippen molar-refractivity contribution < 1.29 is 0 Å². The van der Waals surface area contributed by atoms with Crippen LogP contribution in [0.5, 0.6) is 0 Å². The van der Waals surface area contributed by atoms with Crippen LogP contribution in [0.3, 0.4) is 0 Å². The zero-order chi connectivity index (χ0) is 15.9. The van der Waals surface area contributed by atoms with Crippen molar-refractivity contribution in [3.05, 3.63) is 89.5 Å². The molecule has 0 aliphatic rings. The van der Waals surface area contributed by atoms with E-state index in [2.05, 4.69) is 45.2 Å². The highest BCUT2D eigenvalue weighted by Gasteiger charge is 2.09. The lowest BCUT2D eigenvalue weighted by atomic mass is 10.2. The number of rotatable bonds is 6. The largest absolute Gasteiger partial charge is 0.366 e. The highest BCUT2D eigenvalue weighted by Crippen LogP contribution is 2.18. The molecule has 4 heteroatoms. The van der Waals surface area contributed by atoms with Crippen molar-refractivity contribution in [2.75, 3.05) is 11.4 Å². The lowest BCUT2D eigenvalue weighted by Crippen LogP contribution is -2.25. The lowest BCUT2D eigenvalue weighted by molar-refractivity contribution is 0.769. The summed E-state index contributed by atoms with van der Waals surface area (Å²) in [6.45, 7) is 1.70. The van der Waals surface area contributed by atoms with Crippen LogP contribution in [0.25, 0.3) is 0 Å². The van der Waals surface area contributed by atoms with Gasteiger partial charge >= 0.3 is 0 Å². The van der Waals surface area contributed by atoms with E-state index in [-0.39, 0.29) is 0 Å². The molecule has 3 rings (SSSR count). The Labute approximate surface area is 141 Å². The average Bonchev–Trinajstić information content (AvgIpc) is 2.61. The monoisotopic (exact) mass is 323 g/mol. The van der Waals surface area contributed by atoms with Crippen LogP contribution in [0.1, 0.15) is 11.3 Å². The van der Waals surface area contributed by atoms with Gasteiger partial charge in [0.15, 0.2) is 0 Å². The molecule has 0 saturated heterocycles. The molecule has 0 atom stereocenters. The second-order valence-electron chi connectivity index (χ2n) is 5.32. The molecule has 0 saturated carbocycles. The Kier molecular flexibility index (Phi) is 5.22. The van der Waals surface area contributed by atoms with E-state index in [1.54, 1.807) is 0 Å². The third kappa shape index (κ3) is 4.54. The van der Waals surface area contributed by atoms with Crippen LogP contribution in [-0.4, -0.2) is 16.5 Å². The summed E-state index contributed by atoms with van der Waals surface area (Å²) in [6, 6.07) is 20.3. The average molecular weight is 324 g/mol. The summed E-state index contributed by atoms with van der Waals surface area (Å²) in [5.74, 6) is 0. The first-order valence-electron chi connectivity index (χ1n) is 7.61. The van der Waals surface area contributed by atoms with Gasteiger partial charge in [0.1, 0.15) is 5.15 Å². The van der Waals surface area contributed by atoms with E-state index < -0.39 is 0 Å². The van der Waals surface area contributed by atoms with Gasteiger partial charge in [0.25, 0.3) is 0 Å². The van der Waals surface area contributed by atoms with E-state index in [0.717, 1.165) is 30.9 Å². The summed E-state index contributed by atoms with van der Waals surface area (Å²) in [5, 5.41) is 0.512. The Morgan fingerprint density at radius 2 is 1.70 bits per heavy atom. The fraction of sp³-hybridized carbons (Fsp3) is 0.158. The van der Waals surface area contributed by atoms with Gasteiger partial charge in [0.2, 0.25) is 0 Å². The minimum atomic E-state index is 0.512. The van der Waals surface area contributed by atoms with Crippen LogP contribution in [0.2, 0.25) is 5.15 Å². The van der Waals surface area contributed by atoms with Gasteiger partial charge in [-0.05, 0) is 29.8 Å². The van der Waals surface area contributed by atoms with Crippen LogP contribution < -0.4 is 4.90 Å². The summed E-state index contributed by atoms with van der Waals surface area (Å²) in [6.07, 6.45) is 4.54. The van der Waals surface area contributed by atoms with Crippen molar-refractivity contribution in [2.24, 2.45) is 0 Å². The first kappa shape index (κ1) is 15.5. The number of nitrogens with zero attached hydrogens (tertiary/aromatic N) is 3. The minimum Gasteiger partial charge on any atom is -0.366 e. The van der Waals surface area contributed by atoms with Gasteiger partial charge in [0.05, 0.1) is 11.9 Å². The van der Waals surface area contributed by atoms with Gasteiger partial charge in [-0.3, -0.25) is 4.98 Å². The third-order valence-corrected chi connectivity index (χ3v) is 3.88. The second kappa shape index (κ2) is 7.75. The number of anilines is 1. The van der Waals surface area contributed by atoms with E-state index in [4.69, 9.17) is 11.6 Å². The second-order valence-corrected chi connectivity index (χ2v) is 5.70. The molecule has 0 fully saturated rings. The van der Waals surface area contributed by atoms with Crippen molar-refractivity contribution in [3.63, 3.8) is 0 Å². The zero-order valence-corrected chi connectivity index (χ0v) is 13.5. The summed E-state index contributed by atoms with van der Waals surface area (Å²) in [7, 11) is 0. The van der Waals surface area contributed by atoms with E-state index in [1.165, 1.54) is 5.56 Å². The number of pyridine rings is 2. The molecular weight excluding hydrogens is 306 g/mol. The molecule has 0 bridgehead atoms. The number of halogens is 1. The van der Waals surface area contributed by atoms with Crippen molar-refractivity contribution in [1.82, 2.24) is 9.97 Å². The Morgan fingerprint density at radius 1 is 0.870 bits per heavy atom. The van der Waals surface area contributed by atoms with Crippen molar-refractivity contribution in [1.29, 1.82) is 0 Å². The highest BCUT2D eigenvalue weighted by atomic mass is 35.5. The predicted octanol–water partition coefficient (Wildman–Crippen LogP) is 4.38. The van der Waals surface area contributed by atoms with Crippen molar-refractivity contribution in [2.45, 2.75) is 13.0 Å². The number of hydrogen-bond donors (Lipinski definition) is 0. The number of aromatic nitrogens is 2. The van der Waals surface area contributed by atoms with E-state index in [0.29, 0.717) is 5.15 Å². The van der Waals surface area contributed by atoms with Crippen molar-refractivity contribution in [3.8, 4) is 0 Å². The smallest absolute Gasteiger partial charge is 0.129 e. The van der Waals surface area contributed by atoms with Gasteiger partial charge in [-0.2, -0.15) is 0 Å². The van der Waals surface area contributed by atoms with Gasteiger partial charge in [-0.15, -0.1) is 0 Å². The normalized spacial score (nSPS) is 10.5. The summed E-state index contributed by atoms with van der Waals surface area (Å²) < 4.78 is 0. The lowest BCUT2D eigenvalue weighted by Gasteiger charge is -2.24. The molecule has 23 heavy (non-hydrogen) atoms. The first-order chi connectivity index (χ1) is 11.3. The standard InChI is InChI=1S/C19H18ClN3/c20-19-10-9-18(14-22-19)23(15-16-6-2-1-3-7-16)13-11-17-8-4-5-12-21-17/h1-10,12,14H,11,13,15H2. The molecule has 0 aliphatic carbocycles. The molecule has 0 N–H and O–H groups in total. The first-order valence-corrected chi connectivity index (χ1v) is 7.99. The van der Waals surface area contributed by atoms with Crippen LogP contribution in [0, 0.1) is 0 Å². The summed E-state index contributed by atoms with van der Waals surface area (Å²) in [5.41, 5.74) is 3.42. The predicted molar refractivity (Wildman–Crippen MR) is 94.7 cm³/mol. The molecule has 0 amide bonds. The molecule has 0 unspecified atom stereocenters. The quantitative estimate of drug-likeness (QED) is 0.630. The molecular formula is C19H18ClN3. The molecule has 3 aromatic rings. The zero-order valence-electron chi connectivity index (χ0n) is 12.8. The van der Waals surface area contributed by atoms with E-state index in [1.807, 2.05) is 42.7 Å². The minimum absolute atomic E-state index is 0.512. The van der Waals surface area contributed by atoms with Crippen molar-refractivity contribution >= 4 is 17.3 Å².